The van der Waals surface area contributed by atoms with E-state index in [9.17, 15) is 0 Å². The number of benzene rings is 2. The SMILES string of the molecule is Nc1ncnn2c(C3=CCNCC3)cc(-c3ccc4cn(Cc5ccccc5)nc4c3)c12. The van der Waals surface area contributed by atoms with E-state index in [1.54, 1.807) is 0 Å². The fourth-order valence-electron chi connectivity index (χ4n) is 4.46. The molecule has 2 aromatic carbocycles. The number of nitrogens with one attached hydrogen (secondary N) is 1. The van der Waals surface area contributed by atoms with Crippen LogP contribution < -0.4 is 11.1 Å². The number of nitrogens with two attached hydrogens (primary N) is 1. The predicted molar refractivity (Wildman–Crippen MR) is 127 cm³/mol. The zero-order valence-electron chi connectivity index (χ0n) is 17.6. The van der Waals surface area contributed by atoms with Crippen molar-refractivity contribution in [1.29, 1.82) is 0 Å². The lowest BCUT2D eigenvalue weighted by molar-refractivity contribution is 0.696. The zero-order valence-corrected chi connectivity index (χ0v) is 17.6. The van der Waals surface area contributed by atoms with Crippen molar-refractivity contribution in [1.82, 2.24) is 29.7 Å². The van der Waals surface area contributed by atoms with E-state index in [0.717, 1.165) is 59.3 Å². The van der Waals surface area contributed by atoms with E-state index in [-0.39, 0.29) is 0 Å². The minimum atomic E-state index is 0.477. The van der Waals surface area contributed by atoms with E-state index >= 15 is 0 Å². The van der Waals surface area contributed by atoms with Crippen LogP contribution in [0.1, 0.15) is 17.7 Å². The normalized spacial score (nSPS) is 14.2. The second-order valence-electron chi connectivity index (χ2n) is 8.12. The van der Waals surface area contributed by atoms with Crippen molar-refractivity contribution in [3.63, 3.8) is 0 Å². The number of fused-ring (bicyclic) bond motifs is 2. The zero-order chi connectivity index (χ0) is 21.5. The molecule has 7 nitrogen and oxygen atoms in total. The second-order valence-corrected chi connectivity index (χ2v) is 8.12. The number of nitrogen functional groups attached to an aromatic ring is 1. The van der Waals surface area contributed by atoms with Gasteiger partial charge in [-0.05, 0) is 41.8 Å². The van der Waals surface area contributed by atoms with Crippen LogP contribution in [0, 0.1) is 0 Å². The first-order valence-electron chi connectivity index (χ1n) is 10.8. The lowest BCUT2D eigenvalue weighted by atomic mass is 10.0. The molecule has 158 valence electrons. The molecule has 0 amide bonds. The molecule has 0 unspecified atom stereocenters. The van der Waals surface area contributed by atoms with Gasteiger partial charge in [-0.2, -0.15) is 10.2 Å². The summed E-state index contributed by atoms with van der Waals surface area (Å²) in [6.45, 7) is 2.57. The van der Waals surface area contributed by atoms with E-state index in [4.69, 9.17) is 10.8 Å². The molecule has 3 aromatic heterocycles. The molecule has 0 bridgehead atoms. The van der Waals surface area contributed by atoms with E-state index in [2.05, 4.69) is 76.2 Å². The maximum atomic E-state index is 6.32. The van der Waals surface area contributed by atoms with Crippen molar-refractivity contribution in [2.45, 2.75) is 13.0 Å². The van der Waals surface area contributed by atoms with Gasteiger partial charge in [0.05, 0.1) is 17.8 Å². The molecule has 0 radical (unpaired) electrons. The summed E-state index contributed by atoms with van der Waals surface area (Å²) < 4.78 is 3.91. The van der Waals surface area contributed by atoms with Crippen molar-refractivity contribution in [2.75, 3.05) is 18.8 Å². The maximum Gasteiger partial charge on any atom is 0.152 e. The van der Waals surface area contributed by atoms with Crippen LogP contribution in [0.3, 0.4) is 0 Å². The van der Waals surface area contributed by atoms with E-state index < -0.39 is 0 Å². The first-order chi connectivity index (χ1) is 15.8. The fourth-order valence-corrected chi connectivity index (χ4v) is 4.46. The summed E-state index contributed by atoms with van der Waals surface area (Å²) in [7, 11) is 0. The Kier molecular flexibility index (Phi) is 4.47. The summed E-state index contributed by atoms with van der Waals surface area (Å²) in [6.07, 6.45) is 6.79. The number of hydrogen-bond acceptors (Lipinski definition) is 5. The molecular weight excluding hydrogens is 398 g/mol. The molecule has 1 aliphatic heterocycles. The second kappa shape index (κ2) is 7.62. The highest BCUT2D eigenvalue weighted by Gasteiger charge is 2.19. The third kappa shape index (κ3) is 3.23. The average molecular weight is 422 g/mol. The molecule has 0 spiro atoms. The van der Waals surface area contributed by atoms with Crippen molar-refractivity contribution < 1.29 is 0 Å². The van der Waals surface area contributed by atoms with Crippen LogP contribution in [0.25, 0.3) is 33.1 Å². The van der Waals surface area contributed by atoms with Gasteiger partial charge in [0.25, 0.3) is 0 Å². The van der Waals surface area contributed by atoms with Crippen LogP contribution in [0.5, 0.6) is 0 Å². The van der Waals surface area contributed by atoms with Crippen molar-refractivity contribution in [2.24, 2.45) is 0 Å². The summed E-state index contributed by atoms with van der Waals surface area (Å²) in [5.41, 5.74) is 13.8. The molecule has 0 fully saturated rings. The van der Waals surface area contributed by atoms with Gasteiger partial charge >= 0.3 is 0 Å². The molecular formula is C25H23N7. The van der Waals surface area contributed by atoms with Crippen molar-refractivity contribution in [3.05, 3.63) is 84.5 Å². The summed E-state index contributed by atoms with van der Waals surface area (Å²) in [4.78, 5) is 4.26. The number of hydrogen-bond donors (Lipinski definition) is 2. The van der Waals surface area contributed by atoms with Gasteiger partial charge in [0.15, 0.2) is 5.82 Å². The van der Waals surface area contributed by atoms with E-state index in [0.29, 0.717) is 5.82 Å². The first kappa shape index (κ1) is 18.8. The molecule has 5 aromatic rings. The van der Waals surface area contributed by atoms with Gasteiger partial charge in [-0.3, -0.25) is 4.68 Å². The number of nitrogens with zero attached hydrogens (tertiary/aromatic N) is 5. The monoisotopic (exact) mass is 421 g/mol. The first-order valence-corrected chi connectivity index (χ1v) is 10.8. The summed E-state index contributed by atoms with van der Waals surface area (Å²) in [5, 5.41) is 13.8. The number of aromatic nitrogens is 5. The largest absolute Gasteiger partial charge is 0.382 e. The Morgan fingerprint density at radius 3 is 2.81 bits per heavy atom. The Balaban J connectivity index is 1.45. The Bertz CT molecular complexity index is 1460. The van der Waals surface area contributed by atoms with E-state index in [1.165, 1.54) is 17.5 Å². The smallest absolute Gasteiger partial charge is 0.152 e. The van der Waals surface area contributed by atoms with Crippen molar-refractivity contribution in [3.8, 4) is 11.1 Å². The standard InChI is InChI=1S/C25H23N7/c26-25-24-21(13-23(32(24)29-16-28-25)18-8-10-27-11-9-18)19-6-7-20-15-31(30-22(20)12-19)14-17-4-2-1-3-5-17/h1-8,12-13,15-16,27H,9-11,14H2,(H2,26,28,29). The third-order valence-electron chi connectivity index (χ3n) is 6.03. The minimum Gasteiger partial charge on any atom is -0.382 e. The van der Waals surface area contributed by atoms with Crippen LogP contribution in [-0.2, 0) is 6.54 Å². The highest BCUT2D eigenvalue weighted by molar-refractivity contribution is 5.94. The highest BCUT2D eigenvalue weighted by Crippen LogP contribution is 2.35. The van der Waals surface area contributed by atoms with Gasteiger partial charge < -0.3 is 11.1 Å². The number of rotatable bonds is 4. The summed E-state index contributed by atoms with van der Waals surface area (Å²) >= 11 is 0. The van der Waals surface area contributed by atoms with Gasteiger partial charge in [0, 0.05) is 23.7 Å². The van der Waals surface area contributed by atoms with Gasteiger partial charge in [-0.25, -0.2) is 9.50 Å². The van der Waals surface area contributed by atoms with Gasteiger partial charge in [0.2, 0.25) is 0 Å². The molecule has 0 aliphatic carbocycles. The van der Waals surface area contributed by atoms with Crippen LogP contribution >= 0.6 is 0 Å². The summed E-state index contributed by atoms with van der Waals surface area (Å²) in [5.74, 6) is 0.477. The van der Waals surface area contributed by atoms with Gasteiger partial charge in [-0.15, -0.1) is 0 Å². The van der Waals surface area contributed by atoms with Crippen LogP contribution in [-0.4, -0.2) is 37.5 Å². The quantitative estimate of drug-likeness (QED) is 0.462. The average Bonchev–Trinajstić information content (AvgIpc) is 3.41. The summed E-state index contributed by atoms with van der Waals surface area (Å²) in [6, 6.07) is 18.9. The Morgan fingerprint density at radius 2 is 1.97 bits per heavy atom. The molecule has 4 heterocycles. The lowest BCUT2D eigenvalue weighted by Crippen LogP contribution is -2.20. The molecule has 7 heteroatoms. The Morgan fingerprint density at radius 1 is 1.06 bits per heavy atom. The third-order valence-corrected chi connectivity index (χ3v) is 6.03. The van der Waals surface area contributed by atoms with Gasteiger partial charge in [-0.1, -0.05) is 48.5 Å². The minimum absolute atomic E-state index is 0.477. The van der Waals surface area contributed by atoms with Crippen LogP contribution in [0.2, 0.25) is 0 Å². The predicted octanol–water partition coefficient (Wildman–Crippen LogP) is 3.75. The Labute approximate surface area is 185 Å². The maximum absolute atomic E-state index is 6.32. The van der Waals surface area contributed by atoms with Crippen LogP contribution in [0.4, 0.5) is 5.82 Å². The molecule has 0 saturated heterocycles. The van der Waals surface area contributed by atoms with Crippen molar-refractivity contribution >= 4 is 27.8 Å². The molecule has 0 atom stereocenters. The highest BCUT2D eigenvalue weighted by atomic mass is 15.3. The molecule has 32 heavy (non-hydrogen) atoms. The van der Waals surface area contributed by atoms with Crippen LogP contribution in [0.15, 0.2) is 73.2 Å². The lowest BCUT2D eigenvalue weighted by Gasteiger charge is -2.13. The van der Waals surface area contributed by atoms with E-state index in [1.807, 2.05) is 15.3 Å². The molecule has 1 aliphatic rings. The fraction of sp³-hybridized carbons (Fsp3) is 0.160. The number of anilines is 1. The Hall–Kier alpha value is -3.97. The molecule has 6 rings (SSSR count). The molecule has 3 N–H and O–H groups in total. The molecule has 0 saturated carbocycles. The van der Waals surface area contributed by atoms with Gasteiger partial charge in [0.1, 0.15) is 11.8 Å². The topological polar surface area (TPSA) is 86.1 Å².